The van der Waals surface area contributed by atoms with Crippen LogP contribution in [0.4, 0.5) is 0 Å². The van der Waals surface area contributed by atoms with Crippen molar-refractivity contribution in [2.24, 2.45) is 0 Å². The van der Waals surface area contributed by atoms with Gasteiger partial charge in [-0.2, -0.15) is 0 Å². The number of nitrogens with zero attached hydrogens (tertiary/aromatic N) is 1. The van der Waals surface area contributed by atoms with Gasteiger partial charge in [0, 0.05) is 16.3 Å². The van der Waals surface area contributed by atoms with Crippen LogP contribution in [-0.4, -0.2) is 17.6 Å². The molecule has 32 heavy (non-hydrogen) atoms. The minimum atomic E-state index is -0.458. The van der Waals surface area contributed by atoms with Crippen molar-refractivity contribution in [2.75, 3.05) is 6.61 Å². The molecule has 0 unspecified atom stereocenters. The van der Waals surface area contributed by atoms with Crippen LogP contribution in [0.3, 0.4) is 0 Å². The zero-order chi connectivity index (χ0) is 22.3. The van der Waals surface area contributed by atoms with E-state index in [9.17, 15) is 4.79 Å². The molecule has 0 spiro atoms. The summed E-state index contributed by atoms with van der Waals surface area (Å²) in [6.07, 6.45) is 1.76. The Morgan fingerprint density at radius 2 is 1.56 bits per heavy atom. The molecule has 0 aliphatic rings. The summed E-state index contributed by atoms with van der Waals surface area (Å²) in [7, 11) is 0. The zero-order valence-corrected chi connectivity index (χ0v) is 18.5. The molecule has 3 aromatic carbocycles. The van der Waals surface area contributed by atoms with Gasteiger partial charge >= 0.3 is 5.97 Å². The number of pyridine rings is 1. The predicted molar refractivity (Wildman–Crippen MR) is 128 cm³/mol. The van der Waals surface area contributed by atoms with Crippen molar-refractivity contribution in [2.45, 2.75) is 33.3 Å². The number of unbranched alkanes of at least 4 members (excludes halogenated alkanes) is 1. The van der Waals surface area contributed by atoms with E-state index in [0.29, 0.717) is 19.0 Å². The highest BCUT2D eigenvalue weighted by Gasteiger charge is 2.23. The Morgan fingerprint density at radius 1 is 0.875 bits per heavy atom. The monoisotopic (exact) mass is 425 g/mol. The van der Waals surface area contributed by atoms with Crippen LogP contribution in [0.15, 0.2) is 78.9 Å². The number of rotatable bonds is 8. The SMILES string of the molecule is CCCCOC(=O)c1nc(-c2ccc(C)cc2)c2ccccc2c1OCc1ccccc1. The fourth-order valence-corrected chi connectivity index (χ4v) is 3.56. The molecule has 4 aromatic rings. The first-order chi connectivity index (χ1) is 15.7. The van der Waals surface area contributed by atoms with Crippen molar-refractivity contribution < 1.29 is 14.3 Å². The fraction of sp³-hybridized carbons (Fsp3) is 0.214. The van der Waals surface area contributed by atoms with Crippen LogP contribution in [-0.2, 0) is 11.3 Å². The average Bonchev–Trinajstić information content (AvgIpc) is 2.83. The van der Waals surface area contributed by atoms with Crippen LogP contribution in [0.2, 0.25) is 0 Å². The van der Waals surface area contributed by atoms with Crippen LogP contribution in [0.5, 0.6) is 5.75 Å². The van der Waals surface area contributed by atoms with Crippen LogP contribution in [0.1, 0.15) is 41.4 Å². The maximum absolute atomic E-state index is 13.1. The Morgan fingerprint density at radius 3 is 2.28 bits per heavy atom. The van der Waals surface area contributed by atoms with E-state index >= 15 is 0 Å². The third-order valence-electron chi connectivity index (χ3n) is 5.34. The normalized spacial score (nSPS) is 10.8. The van der Waals surface area contributed by atoms with Gasteiger partial charge in [-0.25, -0.2) is 9.78 Å². The smallest absolute Gasteiger partial charge is 0.360 e. The van der Waals surface area contributed by atoms with E-state index in [1.165, 1.54) is 5.56 Å². The second-order valence-electron chi connectivity index (χ2n) is 7.81. The van der Waals surface area contributed by atoms with Crippen LogP contribution in [0.25, 0.3) is 22.0 Å². The van der Waals surface area contributed by atoms with E-state index in [4.69, 9.17) is 14.5 Å². The average molecular weight is 426 g/mol. The molecule has 0 aliphatic heterocycles. The van der Waals surface area contributed by atoms with Crippen molar-refractivity contribution in [3.8, 4) is 17.0 Å². The summed E-state index contributed by atoms with van der Waals surface area (Å²) in [5.41, 5.74) is 4.09. The highest BCUT2D eigenvalue weighted by Crippen LogP contribution is 2.36. The molecule has 4 nitrogen and oxygen atoms in total. The number of aromatic nitrogens is 1. The van der Waals surface area contributed by atoms with Crippen molar-refractivity contribution in [3.05, 3.63) is 95.7 Å². The maximum Gasteiger partial charge on any atom is 0.360 e. The van der Waals surface area contributed by atoms with Gasteiger partial charge in [0.05, 0.1) is 12.3 Å². The summed E-state index contributed by atoms with van der Waals surface area (Å²) >= 11 is 0. The van der Waals surface area contributed by atoms with E-state index in [2.05, 4.69) is 6.92 Å². The lowest BCUT2D eigenvalue weighted by molar-refractivity contribution is 0.0488. The second kappa shape index (κ2) is 10.1. The number of hydrogen-bond donors (Lipinski definition) is 0. The number of carbonyl (C=O) groups excluding carboxylic acids is 1. The Labute approximate surface area is 188 Å². The molecule has 0 bridgehead atoms. The van der Waals surface area contributed by atoms with Gasteiger partial charge in [0.25, 0.3) is 0 Å². The molecule has 0 aliphatic carbocycles. The number of fused-ring (bicyclic) bond motifs is 1. The van der Waals surface area contributed by atoms with E-state index in [0.717, 1.165) is 40.4 Å². The molecule has 0 radical (unpaired) electrons. The molecular weight excluding hydrogens is 398 g/mol. The minimum absolute atomic E-state index is 0.214. The van der Waals surface area contributed by atoms with Crippen molar-refractivity contribution >= 4 is 16.7 Å². The summed E-state index contributed by atoms with van der Waals surface area (Å²) in [4.78, 5) is 17.9. The summed E-state index contributed by atoms with van der Waals surface area (Å²) < 4.78 is 11.7. The van der Waals surface area contributed by atoms with Gasteiger partial charge in [0.1, 0.15) is 6.61 Å². The van der Waals surface area contributed by atoms with Gasteiger partial charge < -0.3 is 9.47 Å². The first-order valence-electron chi connectivity index (χ1n) is 11.0. The topological polar surface area (TPSA) is 48.4 Å². The third kappa shape index (κ3) is 4.80. The van der Waals surface area contributed by atoms with Crippen molar-refractivity contribution in [3.63, 3.8) is 0 Å². The summed E-state index contributed by atoms with van der Waals surface area (Å²) in [5, 5.41) is 1.78. The standard InChI is InChI=1S/C28H27NO3/c1-3-4-18-31-28(30)26-27(32-19-21-10-6-5-7-11-21)24-13-9-8-12-23(24)25(29-26)22-16-14-20(2)15-17-22/h5-17H,3-4,18-19H2,1-2H3. The lowest BCUT2D eigenvalue weighted by Crippen LogP contribution is -2.12. The van der Waals surface area contributed by atoms with Gasteiger partial charge in [0.15, 0.2) is 11.4 Å². The number of ether oxygens (including phenoxy) is 2. The molecular formula is C28H27NO3. The number of carbonyl (C=O) groups is 1. The van der Waals surface area contributed by atoms with E-state index in [1.54, 1.807) is 0 Å². The Bertz CT molecular complexity index is 1200. The molecule has 0 saturated carbocycles. The van der Waals surface area contributed by atoms with E-state index < -0.39 is 5.97 Å². The molecule has 0 saturated heterocycles. The predicted octanol–water partition coefficient (Wildman–Crippen LogP) is 6.75. The minimum Gasteiger partial charge on any atom is -0.486 e. The fourth-order valence-electron chi connectivity index (χ4n) is 3.56. The van der Waals surface area contributed by atoms with Crippen LogP contribution >= 0.6 is 0 Å². The highest BCUT2D eigenvalue weighted by molar-refractivity contribution is 6.04. The molecule has 4 heteroatoms. The molecule has 162 valence electrons. The lowest BCUT2D eigenvalue weighted by Gasteiger charge is -2.16. The summed E-state index contributed by atoms with van der Waals surface area (Å²) in [6, 6.07) is 25.9. The molecule has 4 rings (SSSR count). The van der Waals surface area contributed by atoms with Gasteiger partial charge in [-0.1, -0.05) is 97.8 Å². The number of esters is 1. The number of aryl methyl sites for hydroxylation is 1. The second-order valence-corrected chi connectivity index (χ2v) is 7.81. The molecule has 0 amide bonds. The Hall–Kier alpha value is -3.66. The zero-order valence-electron chi connectivity index (χ0n) is 18.5. The Balaban J connectivity index is 1.83. The first kappa shape index (κ1) is 21.6. The van der Waals surface area contributed by atoms with Crippen LogP contribution in [0, 0.1) is 6.92 Å². The maximum atomic E-state index is 13.1. The quantitative estimate of drug-likeness (QED) is 0.231. The lowest BCUT2D eigenvalue weighted by atomic mass is 10.0. The van der Waals surface area contributed by atoms with E-state index in [1.807, 2.05) is 85.8 Å². The molecule has 1 aromatic heterocycles. The Kier molecular flexibility index (Phi) is 6.81. The molecule has 0 atom stereocenters. The van der Waals surface area contributed by atoms with Gasteiger partial charge in [-0.15, -0.1) is 0 Å². The van der Waals surface area contributed by atoms with E-state index in [-0.39, 0.29) is 5.69 Å². The first-order valence-corrected chi connectivity index (χ1v) is 11.0. The van der Waals surface area contributed by atoms with Crippen molar-refractivity contribution in [1.29, 1.82) is 0 Å². The number of hydrogen-bond acceptors (Lipinski definition) is 4. The number of benzene rings is 3. The van der Waals surface area contributed by atoms with Gasteiger partial charge in [0.2, 0.25) is 0 Å². The highest BCUT2D eigenvalue weighted by atomic mass is 16.5. The molecule has 0 N–H and O–H groups in total. The van der Waals surface area contributed by atoms with Gasteiger partial charge in [-0.3, -0.25) is 0 Å². The largest absolute Gasteiger partial charge is 0.486 e. The summed E-state index contributed by atoms with van der Waals surface area (Å²) in [6.45, 7) is 4.81. The van der Waals surface area contributed by atoms with Gasteiger partial charge in [-0.05, 0) is 18.9 Å². The molecule has 1 heterocycles. The summed E-state index contributed by atoms with van der Waals surface area (Å²) in [5.74, 6) is 0.00226. The van der Waals surface area contributed by atoms with Crippen molar-refractivity contribution in [1.82, 2.24) is 4.98 Å². The molecule has 0 fully saturated rings. The third-order valence-corrected chi connectivity index (χ3v) is 5.34. The van der Waals surface area contributed by atoms with Crippen LogP contribution < -0.4 is 4.74 Å².